The molecule has 2 heterocycles. The van der Waals surface area contributed by atoms with Crippen LogP contribution in [0.25, 0.3) is 0 Å². The molecule has 166 valence electrons. The van der Waals surface area contributed by atoms with Gasteiger partial charge in [-0.15, -0.1) is 11.8 Å². The van der Waals surface area contributed by atoms with E-state index in [0.717, 1.165) is 51.1 Å². The summed E-state index contributed by atoms with van der Waals surface area (Å²) < 4.78 is 5.46. The third-order valence-corrected chi connectivity index (χ3v) is 7.25. The van der Waals surface area contributed by atoms with Crippen LogP contribution in [0.4, 0.5) is 0 Å². The van der Waals surface area contributed by atoms with Crippen molar-refractivity contribution in [3.8, 4) is 0 Å². The van der Waals surface area contributed by atoms with Crippen LogP contribution in [0.5, 0.6) is 0 Å². The van der Waals surface area contributed by atoms with Crippen LogP contribution in [0.2, 0.25) is 0 Å². The minimum atomic E-state index is -0.163. The molecule has 1 saturated heterocycles. The number of carbonyl (C=O) groups is 2. The first-order valence-corrected chi connectivity index (χ1v) is 12.2. The zero-order chi connectivity index (χ0) is 21.5. The summed E-state index contributed by atoms with van der Waals surface area (Å²) in [4.78, 5) is 30.7. The Labute approximate surface area is 188 Å². The van der Waals surface area contributed by atoms with Gasteiger partial charge in [0.2, 0.25) is 5.91 Å². The van der Waals surface area contributed by atoms with Gasteiger partial charge in [-0.1, -0.05) is 31.0 Å². The van der Waals surface area contributed by atoms with Crippen molar-refractivity contribution in [2.75, 3.05) is 39.3 Å². The van der Waals surface area contributed by atoms with Crippen molar-refractivity contribution < 1.29 is 14.0 Å². The van der Waals surface area contributed by atoms with Gasteiger partial charge in [-0.2, -0.15) is 0 Å². The summed E-state index contributed by atoms with van der Waals surface area (Å²) in [7, 11) is 0. The highest BCUT2D eigenvalue weighted by Crippen LogP contribution is 2.27. The van der Waals surface area contributed by atoms with E-state index in [1.807, 2.05) is 29.2 Å². The average molecular weight is 442 g/mol. The average Bonchev–Trinajstić information content (AvgIpc) is 3.51. The second kappa shape index (κ2) is 10.9. The summed E-state index contributed by atoms with van der Waals surface area (Å²) in [5.74, 6) is 1.54. The molecule has 0 unspecified atom stereocenters. The SMILES string of the molecule is O=C(NCCN1CCN(C(=O)C2CCCC2)CC1)c1occc1CSc1ccccc1. The Morgan fingerprint density at radius 3 is 2.52 bits per heavy atom. The number of nitrogens with one attached hydrogen (secondary N) is 1. The first kappa shape index (κ1) is 22.0. The molecule has 1 aromatic carbocycles. The third kappa shape index (κ3) is 5.92. The highest BCUT2D eigenvalue weighted by molar-refractivity contribution is 7.98. The van der Waals surface area contributed by atoms with Crippen LogP contribution in [-0.2, 0) is 10.5 Å². The van der Waals surface area contributed by atoms with E-state index in [1.54, 1.807) is 18.0 Å². The van der Waals surface area contributed by atoms with Gasteiger partial charge in [0.15, 0.2) is 5.76 Å². The number of rotatable bonds is 8. The summed E-state index contributed by atoms with van der Waals surface area (Å²) in [5.41, 5.74) is 0.908. The molecule has 7 heteroatoms. The Morgan fingerprint density at radius 2 is 1.77 bits per heavy atom. The molecule has 31 heavy (non-hydrogen) atoms. The molecule has 1 aliphatic carbocycles. The molecule has 4 rings (SSSR count). The number of carbonyl (C=O) groups excluding carboxylic acids is 2. The predicted molar refractivity (Wildman–Crippen MR) is 122 cm³/mol. The lowest BCUT2D eigenvalue weighted by Crippen LogP contribution is -2.51. The van der Waals surface area contributed by atoms with Crippen molar-refractivity contribution in [2.24, 2.45) is 5.92 Å². The van der Waals surface area contributed by atoms with Gasteiger partial charge in [-0.3, -0.25) is 14.5 Å². The number of hydrogen-bond donors (Lipinski definition) is 1. The molecule has 0 spiro atoms. The molecule has 2 amide bonds. The van der Waals surface area contributed by atoms with Crippen LogP contribution in [0.15, 0.2) is 52.0 Å². The lowest BCUT2D eigenvalue weighted by Gasteiger charge is -2.36. The molecule has 0 radical (unpaired) electrons. The first-order valence-electron chi connectivity index (χ1n) is 11.2. The van der Waals surface area contributed by atoms with E-state index in [-0.39, 0.29) is 11.8 Å². The second-order valence-electron chi connectivity index (χ2n) is 8.28. The van der Waals surface area contributed by atoms with E-state index in [1.165, 1.54) is 17.7 Å². The zero-order valence-electron chi connectivity index (χ0n) is 17.9. The molecule has 0 atom stereocenters. The maximum atomic E-state index is 12.6. The fourth-order valence-electron chi connectivity index (χ4n) is 4.36. The van der Waals surface area contributed by atoms with Crippen molar-refractivity contribution in [1.29, 1.82) is 0 Å². The van der Waals surface area contributed by atoms with Gasteiger partial charge >= 0.3 is 0 Å². The van der Waals surface area contributed by atoms with Gasteiger partial charge in [-0.05, 0) is 31.0 Å². The van der Waals surface area contributed by atoms with E-state index in [9.17, 15) is 9.59 Å². The Bertz CT molecular complexity index is 856. The van der Waals surface area contributed by atoms with E-state index >= 15 is 0 Å². The highest BCUT2D eigenvalue weighted by Gasteiger charge is 2.29. The van der Waals surface area contributed by atoms with Crippen LogP contribution in [0.1, 0.15) is 41.8 Å². The van der Waals surface area contributed by atoms with Crippen molar-refractivity contribution in [3.63, 3.8) is 0 Å². The molecule has 1 aliphatic heterocycles. The molecule has 6 nitrogen and oxygen atoms in total. The van der Waals surface area contributed by atoms with Crippen LogP contribution in [0, 0.1) is 5.92 Å². The molecule has 1 aromatic heterocycles. The summed E-state index contributed by atoms with van der Waals surface area (Å²) in [6.45, 7) is 4.68. The molecular weight excluding hydrogens is 410 g/mol. The molecule has 0 bridgehead atoms. The number of benzene rings is 1. The van der Waals surface area contributed by atoms with Crippen molar-refractivity contribution in [3.05, 3.63) is 54.0 Å². The number of hydrogen-bond acceptors (Lipinski definition) is 5. The van der Waals surface area contributed by atoms with E-state index < -0.39 is 0 Å². The largest absolute Gasteiger partial charge is 0.459 e. The second-order valence-corrected chi connectivity index (χ2v) is 9.33. The highest BCUT2D eigenvalue weighted by atomic mass is 32.2. The predicted octanol–water partition coefficient (Wildman–Crippen LogP) is 3.64. The summed E-state index contributed by atoms with van der Waals surface area (Å²) in [6, 6.07) is 12.0. The first-order chi connectivity index (χ1) is 15.2. The topological polar surface area (TPSA) is 65.8 Å². The number of nitrogens with zero attached hydrogens (tertiary/aromatic N) is 2. The lowest BCUT2D eigenvalue weighted by atomic mass is 10.1. The van der Waals surface area contributed by atoms with E-state index in [4.69, 9.17) is 4.42 Å². The summed E-state index contributed by atoms with van der Waals surface area (Å²) in [5, 5.41) is 2.99. The van der Waals surface area contributed by atoms with E-state index in [0.29, 0.717) is 24.0 Å². The fourth-order valence-corrected chi connectivity index (χ4v) is 5.26. The molecular formula is C24H31N3O3S. The minimum absolute atomic E-state index is 0.163. The third-order valence-electron chi connectivity index (χ3n) is 6.19. The smallest absolute Gasteiger partial charge is 0.287 e. The van der Waals surface area contributed by atoms with Crippen molar-refractivity contribution in [1.82, 2.24) is 15.1 Å². The van der Waals surface area contributed by atoms with Crippen LogP contribution < -0.4 is 5.32 Å². The maximum Gasteiger partial charge on any atom is 0.287 e. The van der Waals surface area contributed by atoms with Gasteiger partial charge < -0.3 is 14.6 Å². The Hall–Kier alpha value is -2.25. The van der Waals surface area contributed by atoms with Gasteiger partial charge in [0.05, 0.1) is 6.26 Å². The van der Waals surface area contributed by atoms with Crippen LogP contribution in [-0.4, -0.2) is 60.9 Å². The zero-order valence-corrected chi connectivity index (χ0v) is 18.7. The number of amides is 2. The Morgan fingerprint density at radius 1 is 1.03 bits per heavy atom. The van der Waals surface area contributed by atoms with Gasteiger partial charge in [0.25, 0.3) is 5.91 Å². The number of furan rings is 1. The van der Waals surface area contributed by atoms with Crippen LogP contribution in [0.3, 0.4) is 0 Å². The Balaban J connectivity index is 1.17. The molecule has 2 fully saturated rings. The molecule has 2 aliphatic rings. The standard InChI is InChI=1S/C24H31N3O3S/c28-23(22-20(10-17-30-22)18-31-21-8-2-1-3-9-21)25-11-12-26-13-15-27(16-14-26)24(29)19-6-4-5-7-19/h1-3,8-10,17,19H,4-7,11-16,18H2,(H,25,28). The van der Waals surface area contributed by atoms with Gasteiger partial charge in [-0.25, -0.2) is 0 Å². The maximum absolute atomic E-state index is 12.6. The number of piperazine rings is 1. The number of thioether (sulfide) groups is 1. The molecule has 2 aromatic rings. The Kier molecular flexibility index (Phi) is 7.70. The van der Waals surface area contributed by atoms with Crippen molar-refractivity contribution in [2.45, 2.75) is 36.3 Å². The lowest BCUT2D eigenvalue weighted by molar-refractivity contribution is -0.137. The van der Waals surface area contributed by atoms with Gasteiger partial charge in [0.1, 0.15) is 0 Å². The summed E-state index contributed by atoms with van der Waals surface area (Å²) in [6.07, 6.45) is 6.08. The van der Waals surface area contributed by atoms with Crippen LogP contribution >= 0.6 is 11.8 Å². The quantitative estimate of drug-likeness (QED) is 0.634. The minimum Gasteiger partial charge on any atom is -0.459 e. The normalized spacial score (nSPS) is 17.7. The van der Waals surface area contributed by atoms with Crippen molar-refractivity contribution >= 4 is 23.6 Å². The van der Waals surface area contributed by atoms with E-state index in [2.05, 4.69) is 22.3 Å². The summed E-state index contributed by atoms with van der Waals surface area (Å²) >= 11 is 1.69. The molecule has 1 saturated carbocycles. The van der Waals surface area contributed by atoms with Gasteiger partial charge in [0, 0.05) is 61.4 Å². The molecule has 1 N–H and O–H groups in total. The fraction of sp³-hybridized carbons (Fsp3) is 0.500. The monoisotopic (exact) mass is 441 g/mol.